The van der Waals surface area contributed by atoms with Gasteiger partial charge in [-0.15, -0.1) is 29.7 Å². The number of nitrogens with zero attached hydrogens (tertiary/aromatic N) is 4. The van der Waals surface area contributed by atoms with Crippen molar-refractivity contribution in [3.63, 3.8) is 0 Å². The summed E-state index contributed by atoms with van der Waals surface area (Å²) in [5.74, 6) is 1.52. The molecule has 4 aromatic heterocycles. The van der Waals surface area contributed by atoms with E-state index >= 15 is 0 Å². The Bertz CT molecular complexity index is 2060. The number of imidazole rings is 1. The summed E-state index contributed by atoms with van der Waals surface area (Å²) in [5, 5.41) is 13.2. The van der Waals surface area contributed by atoms with Gasteiger partial charge in [0.2, 0.25) is 0 Å². The SMILES string of the molecule is CC(C)c1cccc(C(C)C)c1-n1cc(-c2ccc3oc4cccc(O)c4c3n2)nc1-c1cncc2ccc[c-]c12.[Pt]. The van der Waals surface area contributed by atoms with E-state index < -0.39 is 0 Å². The molecule has 0 saturated heterocycles. The zero-order valence-electron chi connectivity index (χ0n) is 23.7. The molecule has 0 bridgehead atoms. The third-order valence-corrected chi connectivity index (χ3v) is 7.69. The summed E-state index contributed by atoms with van der Waals surface area (Å²) in [7, 11) is 0. The van der Waals surface area contributed by atoms with Crippen molar-refractivity contribution in [3.05, 3.63) is 103 Å². The molecule has 7 rings (SSSR count). The van der Waals surface area contributed by atoms with Gasteiger partial charge in [0.15, 0.2) is 5.58 Å². The summed E-state index contributed by atoms with van der Waals surface area (Å²) < 4.78 is 8.17. The Morgan fingerprint density at radius 3 is 2.33 bits per heavy atom. The molecule has 6 nitrogen and oxygen atoms in total. The number of phenols is 1. The minimum absolute atomic E-state index is 0. The number of pyridine rings is 2. The Morgan fingerprint density at radius 2 is 1.57 bits per heavy atom. The molecule has 1 N–H and O–H groups in total. The molecule has 3 aromatic carbocycles. The van der Waals surface area contributed by atoms with Gasteiger partial charge in [-0.2, -0.15) is 0 Å². The van der Waals surface area contributed by atoms with Crippen LogP contribution in [0.5, 0.6) is 5.75 Å². The van der Waals surface area contributed by atoms with Gasteiger partial charge in [0.25, 0.3) is 0 Å². The average Bonchev–Trinajstić information content (AvgIpc) is 3.58. The maximum absolute atomic E-state index is 10.6. The van der Waals surface area contributed by atoms with E-state index in [1.807, 2.05) is 48.8 Å². The predicted molar refractivity (Wildman–Crippen MR) is 163 cm³/mol. The molecule has 0 aliphatic carbocycles. The number of hydrogen-bond acceptors (Lipinski definition) is 5. The molecule has 0 fully saturated rings. The average molecular weight is 733 g/mol. The van der Waals surface area contributed by atoms with E-state index in [1.165, 1.54) is 11.1 Å². The fourth-order valence-electron chi connectivity index (χ4n) is 5.68. The first-order valence-corrected chi connectivity index (χ1v) is 13.9. The summed E-state index contributed by atoms with van der Waals surface area (Å²) in [4.78, 5) is 14.7. The topological polar surface area (TPSA) is 77.0 Å². The second-order valence-electron chi connectivity index (χ2n) is 11.0. The van der Waals surface area contributed by atoms with Crippen LogP contribution >= 0.6 is 0 Å². The van der Waals surface area contributed by atoms with Gasteiger partial charge < -0.3 is 14.1 Å². The summed E-state index contributed by atoms with van der Waals surface area (Å²) in [5.41, 5.74) is 7.74. The molecule has 42 heavy (non-hydrogen) atoms. The van der Waals surface area contributed by atoms with Crippen LogP contribution in [-0.2, 0) is 21.1 Å². The largest absolute Gasteiger partial charge is 0.507 e. The van der Waals surface area contributed by atoms with Crippen LogP contribution in [0.15, 0.2) is 89.7 Å². The predicted octanol–water partition coefficient (Wildman–Crippen LogP) is 8.80. The normalized spacial score (nSPS) is 11.7. The Balaban J connectivity index is 0.00000316. The Labute approximate surface area is 258 Å². The Morgan fingerprint density at radius 1 is 0.810 bits per heavy atom. The van der Waals surface area contributed by atoms with Crippen LogP contribution in [0, 0.1) is 6.07 Å². The number of aromatic nitrogens is 4. The number of para-hydroxylation sites is 1. The molecule has 7 heteroatoms. The number of hydrogen-bond donors (Lipinski definition) is 1. The van der Waals surface area contributed by atoms with Gasteiger partial charge >= 0.3 is 0 Å². The van der Waals surface area contributed by atoms with E-state index in [-0.39, 0.29) is 26.8 Å². The van der Waals surface area contributed by atoms with Gasteiger partial charge in [-0.1, -0.05) is 57.3 Å². The van der Waals surface area contributed by atoms with Crippen molar-refractivity contribution in [2.45, 2.75) is 39.5 Å². The summed E-state index contributed by atoms with van der Waals surface area (Å²) in [6.07, 6.45) is 5.80. The van der Waals surface area contributed by atoms with Crippen molar-refractivity contribution in [2.24, 2.45) is 0 Å². The molecule has 0 aliphatic rings. The minimum Gasteiger partial charge on any atom is -0.507 e. The molecule has 4 heterocycles. The summed E-state index contributed by atoms with van der Waals surface area (Å²) in [6, 6.07) is 25.0. The first-order valence-electron chi connectivity index (χ1n) is 13.9. The van der Waals surface area contributed by atoms with Crippen LogP contribution in [0.1, 0.15) is 50.7 Å². The number of furan rings is 1. The van der Waals surface area contributed by atoms with E-state index in [4.69, 9.17) is 14.4 Å². The fourth-order valence-corrected chi connectivity index (χ4v) is 5.68. The molecule has 0 aliphatic heterocycles. The van der Waals surface area contributed by atoms with E-state index in [2.05, 4.69) is 67.7 Å². The van der Waals surface area contributed by atoms with Crippen LogP contribution < -0.4 is 0 Å². The fraction of sp³-hybridized carbons (Fsp3) is 0.171. The van der Waals surface area contributed by atoms with Gasteiger partial charge in [0.05, 0.1) is 16.8 Å². The van der Waals surface area contributed by atoms with Crippen molar-refractivity contribution in [1.29, 1.82) is 0 Å². The first-order chi connectivity index (χ1) is 19.9. The van der Waals surface area contributed by atoms with Crippen LogP contribution in [-0.4, -0.2) is 24.6 Å². The van der Waals surface area contributed by atoms with Crippen LogP contribution in [0.2, 0.25) is 0 Å². The van der Waals surface area contributed by atoms with Gasteiger partial charge in [0, 0.05) is 27.3 Å². The maximum Gasteiger partial charge on any atom is 0.154 e. The van der Waals surface area contributed by atoms with Crippen molar-refractivity contribution >= 4 is 32.8 Å². The molecular formula is C35H29N4O2Pt-. The number of rotatable bonds is 5. The quantitative estimate of drug-likeness (QED) is 0.179. The van der Waals surface area contributed by atoms with Crippen LogP contribution in [0.4, 0.5) is 0 Å². The van der Waals surface area contributed by atoms with Crippen molar-refractivity contribution in [3.8, 4) is 34.2 Å². The minimum atomic E-state index is 0. The molecule has 0 unspecified atom stereocenters. The Kier molecular flexibility index (Phi) is 7.20. The van der Waals surface area contributed by atoms with Crippen LogP contribution in [0.3, 0.4) is 0 Å². The molecule has 0 amide bonds. The summed E-state index contributed by atoms with van der Waals surface area (Å²) >= 11 is 0. The standard InChI is InChI=1S/C35H29N4O2.Pt/c1-20(2)23-11-7-12-24(21(3)4)34(23)39-19-28(38-35(39)26-18-36-17-22-9-5-6-10-25(22)26)27-15-16-31-33(37-27)32-29(40)13-8-14-30(32)41-31;/h5-9,11-21,40H,1-4H3;/q-1;. The zero-order valence-corrected chi connectivity index (χ0v) is 26.0. The molecule has 0 atom stereocenters. The number of benzene rings is 3. The first kappa shape index (κ1) is 27.9. The number of fused-ring (bicyclic) bond motifs is 4. The zero-order chi connectivity index (χ0) is 28.2. The van der Waals surface area contributed by atoms with Crippen LogP contribution in [0.25, 0.3) is 61.3 Å². The van der Waals surface area contributed by atoms with Crippen molar-refractivity contribution in [2.75, 3.05) is 0 Å². The molecule has 0 radical (unpaired) electrons. The van der Waals surface area contributed by atoms with E-state index in [0.717, 1.165) is 27.8 Å². The van der Waals surface area contributed by atoms with E-state index in [9.17, 15) is 5.11 Å². The Hall–Kier alpha value is -4.28. The van der Waals surface area contributed by atoms with Gasteiger partial charge in [-0.25, -0.2) is 9.97 Å². The van der Waals surface area contributed by atoms with E-state index in [0.29, 0.717) is 45.3 Å². The summed E-state index contributed by atoms with van der Waals surface area (Å²) in [6.45, 7) is 8.89. The molecular weight excluding hydrogens is 703 g/mol. The molecule has 212 valence electrons. The molecule has 0 spiro atoms. The monoisotopic (exact) mass is 732 g/mol. The number of phenolic OH excluding ortho intramolecular Hbond substituents is 1. The van der Waals surface area contributed by atoms with Crippen molar-refractivity contribution < 1.29 is 30.6 Å². The molecule has 0 saturated carbocycles. The van der Waals surface area contributed by atoms with Gasteiger partial charge in [-0.05, 0) is 65.2 Å². The van der Waals surface area contributed by atoms with Gasteiger partial charge in [0.1, 0.15) is 28.4 Å². The second-order valence-corrected chi connectivity index (χ2v) is 11.0. The molecule has 7 aromatic rings. The third kappa shape index (κ3) is 4.51. The number of aromatic hydroxyl groups is 1. The second kappa shape index (κ2) is 10.8. The maximum atomic E-state index is 10.6. The smallest absolute Gasteiger partial charge is 0.154 e. The third-order valence-electron chi connectivity index (χ3n) is 7.69. The van der Waals surface area contributed by atoms with Gasteiger partial charge in [-0.3, -0.25) is 4.98 Å². The van der Waals surface area contributed by atoms with Crippen molar-refractivity contribution in [1.82, 2.24) is 19.5 Å². The van der Waals surface area contributed by atoms with E-state index in [1.54, 1.807) is 12.1 Å².